The molecule has 104 valence electrons. The third kappa shape index (κ3) is 5.67. The van der Waals surface area contributed by atoms with Gasteiger partial charge in [-0.1, -0.05) is 26.7 Å². The van der Waals surface area contributed by atoms with Gasteiger partial charge in [0.25, 0.3) is 5.79 Å². The lowest BCUT2D eigenvalue weighted by molar-refractivity contribution is -0.239. The van der Waals surface area contributed by atoms with Crippen molar-refractivity contribution < 1.29 is 28.6 Å². The molecule has 0 aliphatic heterocycles. The Morgan fingerprint density at radius 1 is 0.947 bits per heavy atom. The maximum atomic E-state index is 11.3. The van der Waals surface area contributed by atoms with Crippen LogP contribution in [0.25, 0.3) is 0 Å². The Bertz CT molecular complexity index is 374. The van der Waals surface area contributed by atoms with Crippen molar-refractivity contribution in [1.29, 1.82) is 0 Å². The molecule has 0 radical (unpaired) electrons. The number of ether oxygens (including phenoxy) is 3. The zero-order valence-electron chi connectivity index (χ0n) is 10.7. The summed E-state index contributed by atoms with van der Waals surface area (Å²) in [5.41, 5.74) is 0. The summed E-state index contributed by atoms with van der Waals surface area (Å²) in [6.07, 6.45) is 2.82. The highest BCUT2D eigenvalue weighted by Gasteiger charge is 2.37. The summed E-state index contributed by atoms with van der Waals surface area (Å²) in [5.74, 6) is -4.07. The van der Waals surface area contributed by atoms with Gasteiger partial charge in [0.1, 0.15) is 0 Å². The van der Waals surface area contributed by atoms with Crippen LogP contribution in [0.5, 0.6) is 0 Å². The fourth-order valence-electron chi connectivity index (χ4n) is 1.02. The molecule has 0 saturated heterocycles. The van der Waals surface area contributed by atoms with Gasteiger partial charge in [-0.25, -0.2) is 14.4 Å². The van der Waals surface area contributed by atoms with Gasteiger partial charge in [0.05, 0.1) is 0 Å². The van der Waals surface area contributed by atoms with Gasteiger partial charge in [-0.2, -0.15) is 0 Å². The molecule has 0 aromatic rings. The van der Waals surface area contributed by atoms with E-state index in [4.69, 9.17) is 14.2 Å². The molecule has 6 heteroatoms. The van der Waals surface area contributed by atoms with Crippen molar-refractivity contribution in [2.75, 3.05) is 6.61 Å². The highest BCUT2D eigenvalue weighted by atomic mass is 16.7. The summed E-state index contributed by atoms with van der Waals surface area (Å²) >= 11 is 0. The van der Waals surface area contributed by atoms with Crippen LogP contribution in [-0.4, -0.2) is 30.3 Å². The monoisotopic (exact) mass is 268 g/mol. The van der Waals surface area contributed by atoms with E-state index in [1.54, 1.807) is 6.92 Å². The number of carbonyl (C=O) groups excluding carboxylic acids is 3. The predicted molar refractivity (Wildman–Crippen MR) is 66.8 cm³/mol. The molecule has 0 N–H and O–H groups in total. The van der Waals surface area contributed by atoms with Crippen molar-refractivity contribution >= 4 is 17.9 Å². The van der Waals surface area contributed by atoms with E-state index in [2.05, 4.69) is 19.7 Å². The standard InChI is InChI=1S/C13H16O6/c1-5-10(14)17-9-13(8-4,18-11(15)6-2)19-12(16)7-3/h5-7H,1-3,8-9H2,4H3. The lowest BCUT2D eigenvalue weighted by Crippen LogP contribution is -2.44. The van der Waals surface area contributed by atoms with Crippen LogP contribution in [0, 0.1) is 0 Å². The van der Waals surface area contributed by atoms with Crippen molar-refractivity contribution in [2.45, 2.75) is 19.1 Å². The third-order valence-corrected chi connectivity index (χ3v) is 2.05. The van der Waals surface area contributed by atoms with E-state index in [9.17, 15) is 14.4 Å². The summed E-state index contributed by atoms with van der Waals surface area (Å²) in [6.45, 7) is 10.8. The van der Waals surface area contributed by atoms with E-state index in [0.717, 1.165) is 18.2 Å². The maximum absolute atomic E-state index is 11.3. The minimum absolute atomic E-state index is 0.0799. The zero-order valence-corrected chi connectivity index (χ0v) is 10.7. The first-order valence-electron chi connectivity index (χ1n) is 5.43. The van der Waals surface area contributed by atoms with Crippen LogP contribution in [0.1, 0.15) is 13.3 Å². The Morgan fingerprint density at radius 2 is 1.37 bits per heavy atom. The number of hydrogen-bond donors (Lipinski definition) is 0. The minimum Gasteiger partial charge on any atom is -0.454 e. The van der Waals surface area contributed by atoms with Crippen LogP contribution in [0.3, 0.4) is 0 Å². The van der Waals surface area contributed by atoms with Crippen molar-refractivity contribution in [3.63, 3.8) is 0 Å². The van der Waals surface area contributed by atoms with E-state index in [-0.39, 0.29) is 6.42 Å². The largest absolute Gasteiger partial charge is 0.454 e. The van der Waals surface area contributed by atoms with Gasteiger partial charge in [0.15, 0.2) is 6.61 Å². The molecule has 0 amide bonds. The van der Waals surface area contributed by atoms with Gasteiger partial charge in [-0.05, 0) is 0 Å². The molecule has 0 saturated carbocycles. The number of carbonyl (C=O) groups is 3. The predicted octanol–water partition coefficient (Wildman–Crippen LogP) is 1.28. The molecular weight excluding hydrogens is 252 g/mol. The molecule has 0 aliphatic carbocycles. The molecule has 0 atom stereocenters. The summed E-state index contributed by atoms with van der Waals surface area (Å²) in [7, 11) is 0. The van der Waals surface area contributed by atoms with Crippen molar-refractivity contribution in [2.24, 2.45) is 0 Å². The first-order chi connectivity index (χ1) is 8.92. The Kier molecular flexibility index (Phi) is 6.88. The summed E-state index contributed by atoms with van der Waals surface area (Å²) in [4.78, 5) is 33.5. The lowest BCUT2D eigenvalue weighted by Gasteiger charge is -2.30. The van der Waals surface area contributed by atoms with Crippen LogP contribution in [0.15, 0.2) is 38.0 Å². The Labute approximate surface area is 111 Å². The van der Waals surface area contributed by atoms with Gasteiger partial charge < -0.3 is 14.2 Å². The quantitative estimate of drug-likeness (QED) is 0.375. The van der Waals surface area contributed by atoms with Crippen molar-refractivity contribution in [3.8, 4) is 0 Å². The molecule has 0 heterocycles. The fraction of sp³-hybridized carbons (Fsp3) is 0.308. The molecule has 0 aromatic heterocycles. The highest BCUT2D eigenvalue weighted by Crippen LogP contribution is 2.20. The molecule has 0 fully saturated rings. The average molecular weight is 268 g/mol. The van der Waals surface area contributed by atoms with Crippen molar-refractivity contribution in [3.05, 3.63) is 38.0 Å². The van der Waals surface area contributed by atoms with Crippen LogP contribution in [0.2, 0.25) is 0 Å². The molecule has 0 unspecified atom stereocenters. The van der Waals surface area contributed by atoms with E-state index in [0.29, 0.717) is 0 Å². The normalized spacial score (nSPS) is 9.95. The molecule has 0 aromatic carbocycles. The van der Waals surface area contributed by atoms with Gasteiger partial charge in [-0.3, -0.25) is 0 Å². The average Bonchev–Trinajstić information content (AvgIpc) is 2.43. The SMILES string of the molecule is C=CC(=O)OCC(CC)(OC(=O)C=C)OC(=O)C=C. The molecule has 0 aliphatic rings. The molecule has 0 spiro atoms. The molecule has 19 heavy (non-hydrogen) atoms. The second-order valence-corrected chi connectivity index (χ2v) is 3.33. The summed E-state index contributed by atoms with van der Waals surface area (Å²) < 4.78 is 14.6. The first-order valence-corrected chi connectivity index (χ1v) is 5.43. The number of hydrogen-bond acceptors (Lipinski definition) is 6. The molecular formula is C13H16O6. The Hall–Kier alpha value is -2.37. The second-order valence-electron chi connectivity index (χ2n) is 3.33. The summed E-state index contributed by atoms with van der Waals surface area (Å²) in [5, 5.41) is 0. The first kappa shape index (κ1) is 16.6. The van der Waals surface area contributed by atoms with Gasteiger partial charge in [-0.15, -0.1) is 0 Å². The molecule has 0 rings (SSSR count). The van der Waals surface area contributed by atoms with Crippen LogP contribution < -0.4 is 0 Å². The van der Waals surface area contributed by atoms with Crippen LogP contribution >= 0.6 is 0 Å². The smallest absolute Gasteiger partial charge is 0.333 e. The fourth-order valence-corrected chi connectivity index (χ4v) is 1.02. The highest BCUT2D eigenvalue weighted by molar-refractivity contribution is 5.84. The molecule has 0 bridgehead atoms. The van der Waals surface area contributed by atoms with E-state index in [1.807, 2.05) is 0 Å². The van der Waals surface area contributed by atoms with Gasteiger partial charge >= 0.3 is 17.9 Å². The number of rotatable bonds is 8. The second kappa shape index (κ2) is 7.86. The Morgan fingerprint density at radius 3 is 1.68 bits per heavy atom. The maximum Gasteiger partial charge on any atom is 0.333 e. The minimum atomic E-state index is -1.71. The van der Waals surface area contributed by atoms with Gasteiger partial charge in [0, 0.05) is 24.6 Å². The van der Waals surface area contributed by atoms with E-state index >= 15 is 0 Å². The van der Waals surface area contributed by atoms with Crippen LogP contribution in [-0.2, 0) is 28.6 Å². The van der Waals surface area contributed by atoms with Crippen molar-refractivity contribution in [1.82, 2.24) is 0 Å². The number of esters is 3. The molecule has 6 nitrogen and oxygen atoms in total. The van der Waals surface area contributed by atoms with Gasteiger partial charge in [0.2, 0.25) is 0 Å². The van der Waals surface area contributed by atoms with Crippen LogP contribution in [0.4, 0.5) is 0 Å². The zero-order chi connectivity index (χ0) is 14.9. The van der Waals surface area contributed by atoms with E-state index < -0.39 is 30.3 Å². The lowest BCUT2D eigenvalue weighted by atomic mass is 10.2. The Balaban J connectivity index is 5.02. The topological polar surface area (TPSA) is 78.9 Å². The summed E-state index contributed by atoms with van der Waals surface area (Å²) in [6, 6.07) is 0. The third-order valence-electron chi connectivity index (χ3n) is 2.05. The van der Waals surface area contributed by atoms with E-state index in [1.165, 1.54) is 0 Å².